The van der Waals surface area contributed by atoms with Gasteiger partial charge in [-0.2, -0.15) is 5.10 Å². The highest BCUT2D eigenvalue weighted by Gasteiger charge is 2.27. The van der Waals surface area contributed by atoms with Crippen LogP contribution in [0.5, 0.6) is 0 Å². The molecule has 0 aromatic carbocycles. The van der Waals surface area contributed by atoms with Gasteiger partial charge in [0, 0.05) is 44.5 Å². The smallest absolute Gasteiger partial charge is 0.317 e. The number of hydrogen-bond acceptors (Lipinski definition) is 4. The summed E-state index contributed by atoms with van der Waals surface area (Å²) >= 11 is 0. The first-order valence-electron chi connectivity index (χ1n) is 9.15. The summed E-state index contributed by atoms with van der Waals surface area (Å²) in [6.07, 6.45) is 6.52. The molecule has 1 fully saturated rings. The standard InChI is InChI=1S/C17H27N7O/c1-3-8-18-17(25)22-11-6-14(7-12-22)16-21-20-15(24(16)4-2)13-23-10-5-9-19-23/h5,9-10,14H,3-4,6-8,11-13H2,1-2H3,(H,18,25). The molecule has 2 aromatic heterocycles. The van der Waals surface area contributed by atoms with Gasteiger partial charge >= 0.3 is 6.03 Å². The molecular formula is C17H27N7O. The van der Waals surface area contributed by atoms with Crippen LogP contribution in [0.25, 0.3) is 0 Å². The van der Waals surface area contributed by atoms with Gasteiger partial charge in [-0.3, -0.25) is 4.68 Å². The van der Waals surface area contributed by atoms with Gasteiger partial charge in [0.1, 0.15) is 12.4 Å². The van der Waals surface area contributed by atoms with Gasteiger partial charge in [0.25, 0.3) is 0 Å². The lowest BCUT2D eigenvalue weighted by Crippen LogP contribution is -2.44. The fourth-order valence-electron chi connectivity index (χ4n) is 3.34. The fraction of sp³-hybridized carbons (Fsp3) is 0.647. The van der Waals surface area contributed by atoms with E-state index in [2.05, 4.69) is 39.0 Å². The number of likely N-dealkylation sites (tertiary alicyclic amines) is 1. The Labute approximate surface area is 148 Å². The minimum Gasteiger partial charge on any atom is -0.338 e. The van der Waals surface area contributed by atoms with E-state index in [0.29, 0.717) is 12.5 Å². The van der Waals surface area contributed by atoms with E-state index in [1.54, 1.807) is 6.20 Å². The third kappa shape index (κ3) is 4.00. The predicted octanol–water partition coefficient (Wildman–Crippen LogP) is 1.84. The Morgan fingerprint density at radius 1 is 1.28 bits per heavy atom. The summed E-state index contributed by atoms with van der Waals surface area (Å²) in [5.74, 6) is 2.33. The summed E-state index contributed by atoms with van der Waals surface area (Å²) in [7, 11) is 0. The molecule has 1 aliphatic rings. The van der Waals surface area contributed by atoms with Gasteiger partial charge < -0.3 is 14.8 Å². The van der Waals surface area contributed by atoms with E-state index < -0.39 is 0 Å². The van der Waals surface area contributed by atoms with Gasteiger partial charge in [0.05, 0.1) is 0 Å². The molecule has 2 aromatic rings. The fourth-order valence-corrected chi connectivity index (χ4v) is 3.34. The summed E-state index contributed by atoms with van der Waals surface area (Å²) in [5.41, 5.74) is 0. The number of carbonyl (C=O) groups is 1. The van der Waals surface area contributed by atoms with E-state index >= 15 is 0 Å². The van der Waals surface area contributed by atoms with Gasteiger partial charge in [-0.1, -0.05) is 6.92 Å². The zero-order valence-electron chi connectivity index (χ0n) is 15.1. The topological polar surface area (TPSA) is 80.9 Å². The second-order valence-electron chi connectivity index (χ2n) is 6.42. The van der Waals surface area contributed by atoms with Crippen molar-refractivity contribution in [2.75, 3.05) is 19.6 Å². The van der Waals surface area contributed by atoms with E-state index in [-0.39, 0.29) is 6.03 Å². The predicted molar refractivity (Wildman–Crippen MR) is 94.3 cm³/mol. The molecule has 2 amide bonds. The number of urea groups is 1. The molecule has 8 heteroatoms. The average Bonchev–Trinajstić information content (AvgIpc) is 3.29. The third-order valence-electron chi connectivity index (χ3n) is 4.71. The Kier molecular flexibility index (Phi) is 5.67. The van der Waals surface area contributed by atoms with Crippen molar-refractivity contribution >= 4 is 6.03 Å². The van der Waals surface area contributed by atoms with Gasteiger partial charge in [0.15, 0.2) is 5.82 Å². The van der Waals surface area contributed by atoms with Crippen LogP contribution in [0, 0.1) is 0 Å². The van der Waals surface area contributed by atoms with E-state index in [0.717, 1.165) is 57.1 Å². The van der Waals surface area contributed by atoms with Crippen molar-refractivity contribution in [3.63, 3.8) is 0 Å². The third-order valence-corrected chi connectivity index (χ3v) is 4.71. The Morgan fingerprint density at radius 2 is 2.08 bits per heavy atom. The van der Waals surface area contributed by atoms with Crippen molar-refractivity contribution < 1.29 is 4.79 Å². The molecule has 25 heavy (non-hydrogen) atoms. The second-order valence-corrected chi connectivity index (χ2v) is 6.42. The van der Waals surface area contributed by atoms with Gasteiger partial charge in [-0.15, -0.1) is 10.2 Å². The number of rotatable bonds is 6. The van der Waals surface area contributed by atoms with Crippen LogP contribution < -0.4 is 5.32 Å². The maximum atomic E-state index is 12.1. The number of nitrogens with zero attached hydrogens (tertiary/aromatic N) is 6. The average molecular weight is 345 g/mol. The molecule has 136 valence electrons. The van der Waals surface area contributed by atoms with Crippen LogP contribution in [0.15, 0.2) is 18.5 Å². The molecule has 0 radical (unpaired) electrons. The summed E-state index contributed by atoms with van der Waals surface area (Å²) in [4.78, 5) is 14.0. The highest BCUT2D eigenvalue weighted by atomic mass is 16.2. The highest BCUT2D eigenvalue weighted by Crippen LogP contribution is 2.27. The molecule has 0 spiro atoms. The molecule has 8 nitrogen and oxygen atoms in total. The lowest BCUT2D eigenvalue weighted by molar-refractivity contribution is 0.180. The van der Waals surface area contributed by atoms with Crippen LogP contribution in [0.1, 0.15) is 50.7 Å². The molecule has 0 atom stereocenters. The van der Waals surface area contributed by atoms with Gasteiger partial charge in [-0.05, 0) is 32.3 Å². The molecule has 0 bridgehead atoms. The molecule has 1 N–H and O–H groups in total. The van der Waals surface area contributed by atoms with Gasteiger partial charge in [-0.25, -0.2) is 4.79 Å². The second kappa shape index (κ2) is 8.13. The lowest BCUT2D eigenvalue weighted by atomic mass is 9.96. The maximum Gasteiger partial charge on any atom is 0.317 e. The van der Waals surface area contributed by atoms with Crippen LogP contribution in [0.3, 0.4) is 0 Å². The van der Waals surface area contributed by atoms with Crippen molar-refractivity contribution in [3.05, 3.63) is 30.1 Å². The number of carbonyl (C=O) groups excluding carboxylic acids is 1. The number of aromatic nitrogens is 5. The zero-order valence-corrected chi connectivity index (χ0v) is 15.1. The molecule has 3 rings (SSSR count). The first-order valence-corrected chi connectivity index (χ1v) is 9.15. The zero-order chi connectivity index (χ0) is 17.6. The van der Waals surface area contributed by atoms with Crippen LogP contribution in [-0.4, -0.2) is 55.1 Å². The summed E-state index contributed by atoms with van der Waals surface area (Å²) in [5, 5.41) is 16.1. The van der Waals surface area contributed by atoms with Crippen molar-refractivity contribution in [1.29, 1.82) is 0 Å². The van der Waals surface area contributed by atoms with Gasteiger partial charge in [0.2, 0.25) is 0 Å². The highest BCUT2D eigenvalue weighted by molar-refractivity contribution is 5.74. The monoisotopic (exact) mass is 345 g/mol. The number of amides is 2. The normalized spacial score (nSPS) is 15.5. The van der Waals surface area contributed by atoms with Crippen molar-refractivity contribution in [2.24, 2.45) is 0 Å². The van der Waals surface area contributed by atoms with E-state index in [4.69, 9.17) is 0 Å². The number of nitrogens with one attached hydrogen (secondary N) is 1. The molecule has 3 heterocycles. The lowest BCUT2D eigenvalue weighted by Gasteiger charge is -2.31. The van der Waals surface area contributed by atoms with Crippen molar-refractivity contribution in [1.82, 2.24) is 34.8 Å². The summed E-state index contributed by atoms with van der Waals surface area (Å²) in [6.45, 7) is 7.93. The minimum atomic E-state index is 0.0524. The molecular weight excluding hydrogens is 318 g/mol. The Hall–Kier alpha value is -2.38. The van der Waals surface area contributed by atoms with Crippen molar-refractivity contribution in [3.8, 4) is 0 Å². The first-order chi connectivity index (χ1) is 12.2. The first kappa shape index (κ1) is 17.4. The van der Waals surface area contributed by atoms with Crippen LogP contribution in [0.2, 0.25) is 0 Å². The quantitative estimate of drug-likeness (QED) is 0.866. The molecule has 1 saturated heterocycles. The van der Waals surface area contributed by atoms with Crippen molar-refractivity contribution in [2.45, 2.75) is 52.1 Å². The molecule has 0 unspecified atom stereocenters. The molecule has 0 saturated carbocycles. The summed E-state index contributed by atoms with van der Waals surface area (Å²) in [6, 6.07) is 1.96. The number of piperidine rings is 1. The maximum absolute atomic E-state index is 12.1. The van der Waals surface area contributed by atoms with E-state index in [9.17, 15) is 4.79 Å². The number of hydrogen-bond donors (Lipinski definition) is 1. The van der Waals surface area contributed by atoms with E-state index in [1.165, 1.54) is 0 Å². The van der Waals surface area contributed by atoms with Crippen LogP contribution >= 0.6 is 0 Å². The molecule has 0 aliphatic carbocycles. The van der Waals surface area contributed by atoms with Crippen LogP contribution in [-0.2, 0) is 13.1 Å². The Balaban J connectivity index is 1.63. The SMILES string of the molecule is CCCNC(=O)N1CCC(c2nnc(Cn3cccn3)n2CC)CC1. The van der Waals surface area contributed by atoms with E-state index in [1.807, 2.05) is 21.8 Å². The Bertz CT molecular complexity index is 671. The summed E-state index contributed by atoms with van der Waals surface area (Å²) < 4.78 is 4.06. The molecule has 1 aliphatic heterocycles. The largest absolute Gasteiger partial charge is 0.338 e. The van der Waals surface area contributed by atoms with Crippen LogP contribution in [0.4, 0.5) is 4.79 Å². The Morgan fingerprint density at radius 3 is 2.72 bits per heavy atom. The minimum absolute atomic E-state index is 0.0524.